The monoisotopic (exact) mass is 351 g/mol. The lowest BCUT2D eigenvalue weighted by molar-refractivity contribution is 0.222. The highest BCUT2D eigenvalue weighted by atomic mass is 32.3. The van der Waals surface area contributed by atoms with E-state index in [1.54, 1.807) is 0 Å². The van der Waals surface area contributed by atoms with E-state index in [0.717, 1.165) is 31.0 Å². The first-order valence-electron chi connectivity index (χ1n) is 7.22. The van der Waals surface area contributed by atoms with Gasteiger partial charge in [-0.15, -0.1) is 0 Å². The average molecular weight is 351 g/mol. The van der Waals surface area contributed by atoms with Gasteiger partial charge in [0, 0.05) is 13.1 Å². The molecule has 1 heterocycles. The molecule has 0 unspecified atom stereocenters. The summed E-state index contributed by atoms with van der Waals surface area (Å²) < 4.78 is 31.6. The highest BCUT2D eigenvalue weighted by molar-refractivity contribution is 7.79. The molecule has 0 aromatic carbocycles. The Morgan fingerprint density at radius 1 is 1.09 bits per heavy atom. The van der Waals surface area contributed by atoms with E-state index in [0.29, 0.717) is 11.9 Å². The molecule has 0 radical (unpaired) electrons. The molecular weight excluding hydrogens is 326 g/mol. The average Bonchev–Trinajstić information content (AvgIpc) is 2.44. The van der Waals surface area contributed by atoms with Crippen LogP contribution in [0.25, 0.3) is 0 Å². The maximum Gasteiger partial charge on any atom is 0.394 e. The van der Waals surface area contributed by atoms with Crippen molar-refractivity contribution in [3.63, 3.8) is 0 Å². The minimum Gasteiger partial charge on any atom is -0.341 e. The van der Waals surface area contributed by atoms with Gasteiger partial charge in [-0.05, 0) is 26.7 Å². The number of hydrogen-bond acceptors (Lipinski definition) is 8. The van der Waals surface area contributed by atoms with Crippen molar-refractivity contribution < 1.29 is 22.7 Å². The van der Waals surface area contributed by atoms with Crippen LogP contribution in [0, 0.1) is 0 Å². The lowest BCUT2D eigenvalue weighted by Gasteiger charge is -2.23. The van der Waals surface area contributed by atoms with Crippen molar-refractivity contribution in [2.24, 2.45) is 0 Å². The Hall–Kier alpha value is -1.56. The van der Waals surface area contributed by atoms with E-state index < -0.39 is 10.4 Å². The SMILES string of the molecule is CCCN(CCC)c1ncnc(N(O)C(C)C)n1.O=S(=O)(O)O. The van der Waals surface area contributed by atoms with E-state index in [1.807, 2.05) is 13.8 Å². The first-order chi connectivity index (χ1) is 10.6. The Bertz CT molecular complexity index is 541. The van der Waals surface area contributed by atoms with E-state index in [9.17, 15) is 5.21 Å². The molecular formula is C12H25N5O5S. The molecule has 3 N–H and O–H groups in total. The van der Waals surface area contributed by atoms with Gasteiger partial charge >= 0.3 is 10.4 Å². The molecule has 1 rings (SSSR count). The van der Waals surface area contributed by atoms with E-state index in [1.165, 1.54) is 6.33 Å². The van der Waals surface area contributed by atoms with E-state index in [2.05, 4.69) is 33.7 Å². The number of hydrogen-bond donors (Lipinski definition) is 3. The number of nitrogens with zero attached hydrogens (tertiary/aromatic N) is 5. The first-order valence-corrected chi connectivity index (χ1v) is 8.61. The second kappa shape index (κ2) is 10.3. The lowest BCUT2D eigenvalue weighted by atomic mass is 10.4. The molecule has 0 fully saturated rings. The predicted octanol–water partition coefficient (Wildman–Crippen LogP) is 1.45. The Morgan fingerprint density at radius 3 is 1.91 bits per heavy atom. The molecule has 1 aromatic heterocycles. The van der Waals surface area contributed by atoms with E-state index in [-0.39, 0.29) is 6.04 Å². The van der Waals surface area contributed by atoms with Crippen LogP contribution in [0.2, 0.25) is 0 Å². The Labute approximate surface area is 136 Å². The molecule has 0 bridgehead atoms. The quantitative estimate of drug-likeness (QED) is 0.488. The van der Waals surface area contributed by atoms with Crippen LogP contribution in [0.3, 0.4) is 0 Å². The lowest BCUT2D eigenvalue weighted by Crippen LogP contribution is -2.31. The fourth-order valence-electron chi connectivity index (χ4n) is 1.62. The molecule has 0 amide bonds. The smallest absolute Gasteiger partial charge is 0.341 e. The Kier molecular flexibility index (Phi) is 9.56. The number of aromatic nitrogens is 3. The number of hydroxylamine groups is 1. The van der Waals surface area contributed by atoms with Crippen molar-refractivity contribution in [1.29, 1.82) is 0 Å². The Morgan fingerprint density at radius 2 is 1.52 bits per heavy atom. The predicted molar refractivity (Wildman–Crippen MR) is 86.2 cm³/mol. The molecule has 23 heavy (non-hydrogen) atoms. The van der Waals surface area contributed by atoms with Crippen LogP contribution in [0.15, 0.2) is 6.33 Å². The van der Waals surface area contributed by atoms with Crippen molar-refractivity contribution in [3.8, 4) is 0 Å². The molecule has 134 valence electrons. The summed E-state index contributed by atoms with van der Waals surface area (Å²) in [6, 6.07) is -0.0638. The normalized spacial score (nSPS) is 11.0. The molecule has 11 heteroatoms. The zero-order chi connectivity index (χ0) is 18.0. The summed E-state index contributed by atoms with van der Waals surface area (Å²) in [5.41, 5.74) is 0. The van der Waals surface area contributed by atoms with Crippen LogP contribution in [0.5, 0.6) is 0 Å². The van der Waals surface area contributed by atoms with Crippen LogP contribution < -0.4 is 9.96 Å². The third kappa shape index (κ3) is 9.94. The second-order valence-electron chi connectivity index (χ2n) is 4.96. The maximum absolute atomic E-state index is 9.83. The molecule has 0 saturated heterocycles. The topological polar surface area (TPSA) is 140 Å². The van der Waals surface area contributed by atoms with Gasteiger partial charge in [0.05, 0.1) is 6.04 Å². The molecule has 0 atom stereocenters. The summed E-state index contributed by atoms with van der Waals surface area (Å²) in [4.78, 5) is 14.6. The van der Waals surface area contributed by atoms with Gasteiger partial charge in [0.1, 0.15) is 6.33 Å². The molecule has 0 aliphatic carbocycles. The summed E-state index contributed by atoms with van der Waals surface area (Å²) >= 11 is 0. The molecule has 0 aliphatic heterocycles. The van der Waals surface area contributed by atoms with Gasteiger partial charge in [0.2, 0.25) is 5.95 Å². The fourth-order valence-corrected chi connectivity index (χ4v) is 1.62. The summed E-state index contributed by atoms with van der Waals surface area (Å²) in [6.07, 6.45) is 3.52. The molecule has 0 saturated carbocycles. The van der Waals surface area contributed by atoms with Gasteiger partial charge in [-0.3, -0.25) is 14.3 Å². The largest absolute Gasteiger partial charge is 0.394 e. The molecule has 0 spiro atoms. The minimum absolute atomic E-state index is 0.0638. The molecule has 10 nitrogen and oxygen atoms in total. The number of anilines is 2. The van der Waals surface area contributed by atoms with Gasteiger partial charge in [-0.1, -0.05) is 13.8 Å². The van der Waals surface area contributed by atoms with Gasteiger partial charge in [-0.25, -0.2) is 10.0 Å². The maximum atomic E-state index is 9.83. The van der Waals surface area contributed by atoms with Crippen molar-refractivity contribution in [2.75, 3.05) is 23.1 Å². The zero-order valence-electron chi connectivity index (χ0n) is 13.8. The number of rotatable bonds is 7. The van der Waals surface area contributed by atoms with Crippen LogP contribution in [-0.2, 0) is 10.4 Å². The summed E-state index contributed by atoms with van der Waals surface area (Å²) in [5.74, 6) is 0.926. The van der Waals surface area contributed by atoms with Crippen molar-refractivity contribution in [2.45, 2.75) is 46.6 Å². The summed E-state index contributed by atoms with van der Waals surface area (Å²) in [7, 11) is -4.67. The van der Waals surface area contributed by atoms with E-state index >= 15 is 0 Å². The highest BCUT2D eigenvalue weighted by Gasteiger charge is 2.14. The van der Waals surface area contributed by atoms with Crippen LogP contribution in [0.1, 0.15) is 40.5 Å². The third-order valence-corrected chi connectivity index (χ3v) is 2.51. The second-order valence-corrected chi connectivity index (χ2v) is 5.85. The van der Waals surface area contributed by atoms with Gasteiger partial charge in [-0.2, -0.15) is 18.4 Å². The van der Waals surface area contributed by atoms with E-state index in [4.69, 9.17) is 17.5 Å². The Balaban J connectivity index is 0.000000841. The molecule has 1 aromatic rings. The first kappa shape index (κ1) is 21.4. The van der Waals surface area contributed by atoms with Crippen molar-refractivity contribution >= 4 is 22.3 Å². The van der Waals surface area contributed by atoms with Gasteiger partial charge in [0.15, 0.2) is 0 Å². The highest BCUT2D eigenvalue weighted by Crippen LogP contribution is 2.13. The van der Waals surface area contributed by atoms with Crippen molar-refractivity contribution in [1.82, 2.24) is 15.0 Å². The zero-order valence-corrected chi connectivity index (χ0v) is 14.6. The van der Waals surface area contributed by atoms with Crippen LogP contribution >= 0.6 is 0 Å². The minimum atomic E-state index is -4.67. The van der Waals surface area contributed by atoms with Crippen molar-refractivity contribution in [3.05, 3.63) is 6.33 Å². The summed E-state index contributed by atoms with van der Waals surface area (Å²) in [6.45, 7) is 9.81. The van der Waals surface area contributed by atoms with Crippen LogP contribution in [0.4, 0.5) is 11.9 Å². The summed E-state index contributed by atoms with van der Waals surface area (Å²) in [5, 5.41) is 10.9. The van der Waals surface area contributed by atoms with Crippen LogP contribution in [-0.4, -0.2) is 56.8 Å². The van der Waals surface area contributed by atoms with Gasteiger partial charge in [0.25, 0.3) is 5.95 Å². The standard InChI is InChI=1S/C12H23N5O.H2O4S/c1-5-7-16(8-6-2)11-13-9-14-12(15-11)17(18)10(3)4;1-5(2,3)4/h9-10,18H,5-8H2,1-4H3;(H2,1,2,3,4). The third-order valence-electron chi connectivity index (χ3n) is 2.51. The molecule has 0 aliphatic rings. The van der Waals surface area contributed by atoms with Gasteiger partial charge < -0.3 is 4.90 Å². The fraction of sp³-hybridized carbons (Fsp3) is 0.750.